The summed E-state index contributed by atoms with van der Waals surface area (Å²) in [6, 6.07) is 8.20. The first-order valence-electron chi connectivity index (χ1n) is 6.29. The minimum absolute atomic E-state index is 0.0843. The molecule has 19 heavy (non-hydrogen) atoms. The Balaban J connectivity index is 2.17. The van der Waals surface area contributed by atoms with Gasteiger partial charge < -0.3 is 5.32 Å². The van der Waals surface area contributed by atoms with Gasteiger partial charge in [0.25, 0.3) is 0 Å². The van der Waals surface area contributed by atoms with Crippen molar-refractivity contribution in [1.82, 2.24) is 20.3 Å². The number of rotatable bonds is 4. The van der Waals surface area contributed by atoms with Gasteiger partial charge in [0.1, 0.15) is 0 Å². The molecule has 1 aromatic carbocycles. The standard InChI is InChI=1S/C14H20N4S/c1-14(2,3)15-9-11-10-18(17-16-11)12-7-5-6-8-13(12)19-4/h5-8,10,15H,9H2,1-4H3. The molecule has 0 spiro atoms. The molecule has 0 radical (unpaired) electrons. The van der Waals surface area contributed by atoms with E-state index in [2.05, 4.69) is 54.8 Å². The van der Waals surface area contributed by atoms with E-state index in [4.69, 9.17) is 0 Å². The van der Waals surface area contributed by atoms with Crippen molar-refractivity contribution in [3.8, 4) is 5.69 Å². The van der Waals surface area contributed by atoms with Crippen LogP contribution in [0.3, 0.4) is 0 Å². The Labute approximate surface area is 118 Å². The van der Waals surface area contributed by atoms with Gasteiger partial charge in [0.2, 0.25) is 0 Å². The number of aromatic nitrogens is 3. The minimum atomic E-state index is 0.0843. The normalized spacial score (nSPS) is 11.8. The Bertz CT molecular complexity index is 542. The van der Waals surface area contributed by atoms with Crippen molar-refractivity contribution >= 4 is 11.8 Å². The summed E-state index contributed by atoms with van der Waals surface area (Å²) in [7, 11) is 0. The largest absolute Gasteiger partial charge is 0.306 e. The second-order valence-electron chi connectivity index (χ2n) is 5.43. The molecule has 2 aromatic rings. The van der Waals surface area contributed by atoms with Gasteiger partial charge in [0.15, 0.2) is 0 Å². The molecular formula is C14H20N4S. The molecular weight excluding hydrogens is 256 g/mol. The summed E-state index contributed by atoms with van der Waals surface area (Å²) in [6.45, 7) is 7.15. The summed E-state index contributed by atoms with van der Waals surface area (Å²) in [5.41, 5.74) is 2.11. The van der Waals surface area contributed by atoms with Crippen LogP contribution in [0.15, 0.2) is 35.4 Å². The third kappa shape index (κ3) is 3.81. The lowest BCUT2D eigenvalue weighted by molar-refractivity contribution is 0.421. The summed E-state index contributed by atoms with van der Waals surface area (Å²) >= 11 is 1.71. The zero-order valence-electron chi connectivity index (χ0n) is 11.8. The Morgan fingerprint density at radius 2 is 2.00 bits per heavy atom. The highest BCUT2D eigenvalue weighted by molar-refractivity contribution is 7.98. The Hall–Kier alpha value is -1.33. The molecule has 1 N–H and O–H groups in total. The molecule has 2 rings (SSSR count). The smallest absolute Gasteiger partial charge is 0.0969 e. The van der Waals surface area contributed by atoms with Gasteiger partial charge in [-0.1, -0.05) is 17.3 Å². The average Bonchev–Trinajstić information content (AvgIpc) is 2.84. The van der Waals surface area contributed by atoms with Crippen molar-refractivity contribution < 1.29 is 0 Å². The highest BCUT2D eigenvalue weighted by Gasteiger charge is 2.11. The zero-order chi connectivity index (χ0) is 13.9. The van der Waals surface area contributed by atoms with Crippen LogP contribution >= 0.6 is 11.8 Å². The van der Waals surface area contributed by atoms with Crippen LogP contribution in [0.25, 0.3) is 5.69 Å². The lowest BCUT2D eigenvalue weighted by Gasteiger charge is -2.19. The molecule has 1 aromatic heterocycles. The molecule has 0 atom stereocenters. The zero-order valence-corrected chi connectivity index (χ0v) is 12.7. The van der Waals surface area contributed by atoms with Crippen LogP contribution in [0.4, 0.5) is 0 Å². The van der Waals surface area contributed by atoms with Crippen LogP contribution in [-0.4, -0.2) is 26.8 Å². The van der Waals surface area contributed by atoms with Crippen LogP contribution < -0.4 is 5.32 Å². The highest BCUT2D eigenvalue weighted by Crippen LogP contribution is 2.22. The first-order valence-corrected chi connectivity index (χ1v) is 7.52. The van der Waals surface area contributed by atoms with E-state index in [1.165, 1.54) is 4.90 Å². The van der Waals surface area contributed by atoms with Crippen LogP contribution in [0.5, 0.6) is 0 Å². The van der Waals surface area contributed by atoms with Gasteiger partial charge in [0, 0.05) is 17.0 Å². The topological polar surface area (TPSA) is 42.7 Å². The van der Waals surface area contributed by atoms with Crippen molar-refractivity contribution in [3.63, 3.8) is 0 Å². The molecule has 0 amide bonds. The highest BCUT2D eigenvalue weighted by atomic mass is 32.2. The van der Waals surface area contributed by atoms with E-state index < -0.39 is 0 Å². The lowest BCUT2D eigenvalue weighted by atomic mass is 10.1. The van der Waals surface area contributed by atoms with E-state index in [-0.39, 0.29) is 5.54 Å². The molecule has 0 saturated carbocycles. The maximum absolute atomic E-state index is 4.21. The molecule has 0 bridgehead atoms. The van der Waals surface area contributed by atoms with Crippen LogP contribution in [0, 0.1) is 0 Å². The van der Waals surface area contributed by atoms with Gasteiger partial charge >= 0.3 is 0 Å². The van der Waals surface area contributed by atoms with Crippen LogP contribution in [-0.2, 0) is 6.54 Å². The second kappa shape index (κ2) is 5.75. The number of nitrogens with one attached hydrogen (secondary N) is 1. The molecule has 5 heteroatoms. The summed E-state index contributed by atoms with van der Waals surface area (Å²) in [5.74, 6) is 0. The van der Waals surface area contributed by atoms with Gasteiger partial charge in [0.05, 0.1) is 17.6 Å². The molecule has 0 saturated heterocycles. The fourth-order valence-electron chi connectivity index (χ4n) is 1.67. The second-order valence-corrected chi connectivity index (χ2v) is 6.28. The van der Waals surface area contributed by atoms with E-state index in [0.29, 0.717) is 0 Å². The Kier molecular flexibility index (Phi) is 4.27. The van der Waals surface area contributed by atoms with Crippen LogP contribution in [0.2, 0.25) is 0 Å². The summed E-state index contributed by atoms with van der Waals surface area (Å²) in [4.78, 5) is 1.20. The Morgan fingerprint density at radius 3 is 2.68 bits per heavy atom. The predicted octanol–water partition coefficient (Wildman–Crippen LogP) is 2.88. The Morgan fingerprint density at radius 1 is 1.26 bits per heavy atom. The number of benzene rings is 1. The molecule has 0 aliphatic heterocycles. The van der Waals surface area contributed by atoms with E-state index >= 15 is 0 Å². The molecule has 102 valence electrons. The minimum Gasteiger partial charge on any atom is -0.306 e. The van der Waals surface area contributed by atoms with Crippen LogP contribution in [0.1, 0.15) is 26.5 Å². The molecule has 0 aliphatic carbocycles. The monoisotopic (exact) mass is 276 g/mol. The summed E-state index contributed by atoms with van der Waals surface area (Å²) in [5, 5.41) is 11.8. The predicted molar refractivity (Wildman–Crippen MR) is 79.7 cm³/mol. The summed E-state index contributed by atoms with van der Waals surface area (Å²) < 4.78 is 1.84. The third-order valence-corrected chi connectivity index (χ3v) is 3.46. The van der Waals surface area contributed by atoms with Gasteiger partial charge in [-0.2, -0.15) is 0 Å². The fourth-order valence-corrected chi connectivity index (χ4v) is 2.26. The average molecular weight is 276 g/mol. The number of nitrogens with zero attached hydrogens (tertiary/aromatic N) is 3. The van der Waals surface area contributed by atoms with Gasteiger partial charge in [-0.05, 0) is 39.2 Å². The molecule has 0 unspecified atom stereocenters. The fraction of sp³-hybridized carbons (Fsp3) is 0.429. The number of hydrogen-bond donors (Lipinski definition) is 1. The van der Waals surface area contributed by atoms with E-state index in [9.17, 15) is 0 Å². The molecule has 0 fully saturated rings. The van der Waals surface area contributed by atoms with E-state index in [1.807, 2.05) is 23.0 Å². The number of para-hydroxylation sites is 1. The van der Waals surface area contributed by atoms with Gasteiger partial charge in [-0.25, -0.2) is 4.68 Å². The maximum atomic E-state index is 4.21. The van der Waals surface area contributed by atoms with E-state index in [0.717, 1.165) is 17.9 Å². The first kappa shape index (κ1) is 14.1. The maximum Gasteiger partial charge on any atom is 0.0969 e. The van der Waals surface area contributed by atoms with Crippen molar-refractivity contribution in [1.29, 1.82) is 0 Å². The summed E-state index contributed by atoms with van der Waals surface area (Å²) in [6.07, 6.45) is 4.05. The van der Waals surface area contributed by atoms with Crippen molar-refractivity contribution in [3.05, 3.63) is 36.2 Å². The van der Waals surface area contributed by atoms with Crippen molar-refractivity contribution in [2.45, 2.75) is 37.8 Å². The number of thioether (sulfide) groups is 1. The lowest BCUT2D eigenvalue weighted by Crippen LogP contribution is -2.35. The van der Waals surface area contributed by atoms with Gasteiger partial charge in [-0.3, -0.25) is 0 Å². The molecule has 1 heterocycles. The van der Waals surface area contributed by atoms with E-state index in [1.54, 1.807) is 11.8 Å². The van der Waals surface area contributed by atoms with Gasteiger partial charge in [-0.15, -0.1) is 16.9 Å². The first-order chi connectivity index (χ1) is 8.99. The quantitative estimate of drug-likeness (QED) is 0.872. The van der Waals surface area contributed by atoms with Crippen molar-refractivity contribution in [2.75, 3.05) is 6.26 Å². The SMILES string of the molecule is CSc1ccccc1-n1cc(CNC(C)(C)C)nn1. The molecule has 0 aliphatic rings. The van der Waals surface area contributed by atoms with Crippen molar-refractivity contribution in [2.24, 2.45) is 0 Å². The molecule has 4 nitrogen and oxygen atoms in total. The third-order valence-electron chi connectivity index (χ3n) is 2.67. The number of hydrogen-bond acceptors (Lipinski definition) is 4.